The lowest BCUT2D eigenvalue weighted by Crippen LogP contribution is -2.50. The zero-order valence-corrected chi connectivity index (χ0v) is 22.0. The SMILES string of the molecule is CCc1ccc(N(CC(=O)N(Cc2ccc(C)cc2)[C@H](C)C(=O)NC)S(=O)(=O)c2ccccc2)cc1. The molecule has 0 heterocycles. The Bertz CT molecular complexity index is 1270. The lowest BCUT2D eigenvalue weighted by Gasteiger charge is -2.31. The molecule has 0 spiro atoms. The van der Waals surface area contributed by atoms with Crippen LogP contribution in [0.2, 0.25) is 0 Å². The average molecular weight is 508 g/mol. The summed E-state index contributed by atoms with van der Waals surface area (Å²) in [6.45, 7) is 5.34. The van der Waals surface area contributed by atoms with Gasteiger partial charge in [0, 0.05) is 13.6 Å². The summed E-state index contributed by atoms with van der Waals surface area (Å²) in [5.41, 5.74) is 3.35. The van der Waals surface area contributed by atoms with E-state index in [4.69, 9.17) is 0 Å². The largest absolute Gasteiger partial charge is 0.357 e. The van der Waals surface area contributed by atoms with Gasteiger partial charge < -0.3 is 10.2 Å². The number of hydrogen-bond donors (Lipinski definition) is 1. The van der Waals surface area contributed by atoms with Gasteiger partial charge in [0.1, 0.15) is 12.6 Å². The molecule has 0 aromatic heterocycles. The molecule has 1 N–H and O–H groups in total. The van der Waals surface area contributed by atoms with Gasteiger partial charge in [0.25, 0.3) is 10.0 Å². The predicted octanol–water partition coefficient (Wildman–Crippen LogP) is 3.92. The van der Waals surface area contributed by atoms with E-state index in [1.54, 1.807) is 37.3 Å². The van der Waals surface area contributed by atoms with Crippen molar-refractivity contribution in [2.45, 2.75) is 44.7 Å². The zero-order chi connectivity index (χ0) is 26.3. The number of amides is 2. The van der Waals surface area contributed by atoms with Crippen molar-refractivity contribution in [2.24, 2.45) is 0 Å². The van der Waals surface area contributed by atoms with Crippen LogP contribution >= 0.6 is 0 Å². The van der Waals surface area contributed by atoms with Crippen molar-refractivity contribution >= 4 is 27.5 Å². The Balaban J connectivity index is 2.01. The maximum absolute atomic E-state index is 13.7. The standard InChI is InChI=1S/C28H33N3O4S/c1-5-23-15-17-25(18-16-23)31(36(34,35)26-9-7-6-8-10-26)20-27(32)30(22(3)28(33)29-4)19-24-13-11-21(2)12-14-24/h6-18,22H,5,19-20H2,1-4H3,(H,29,33)/t22-/m1/s1. The van der Waals surface area contributed by atoms with Gasteiger partial charge in [-0.3, -0.25) is 13.9 Å². The third-order valence-corrected chi connectivity index (χ3v) is 7.92. The molecule has 0 saturated carbocycles. The number of sulfonamides is 1. The molecule has 0 fully saturated rings. The molecule has 36 heavy (non-hydrogen) atoms. The van der Waals surface area contributed by atoms with Crippen molar-refractivity contribution in [3.8, 4) is 0 Å². The van der Waals surface area contributed by atoms with E-state index in [1.165, 1.54) is 24.1 Å². The number of aryl methyl sites for hydroxylation is 2. The smallest absolute Gasteiger partial charge is 0.264 e. The quantitative estimate of drug-likeness (QED) is 0.451. The van der Waals surface area contributed by atoms with Gasteiger partial charge in [0.15, 0.2) is 0 Å². The third-order valence-electron chi connectivity index (χ3n) is 6.13. The number of benzene rings is 3. The molecule has 0 aliphatic rings. The van der Waals surface area contributed by atoms with Crippen LogP contribution in [0.3, 0.4) is 0 Å². The first-order chi connectivity index (χ1) is 17.2. The molecule has 3 aromatic carbocycles. The van der Waals surface area contributed by atoms with E-state index >= 15 is 0 Å². The molecule has 0 radical (unpaired) electrons. The molecule has 2 amide bonds. The number of likely N-dealkylation sites (N-methyl/N-ethyl adjacent to an activating group) is 1. The summed E-state index contributed by atoms with van der Waals surface area (Å²) in [7, 11) is -2.54. The van der Waals surface area contributed by atoms with E-state index in [9.17, 15) is 18.0 Å². The number of hydrogen-bond acceptors (Lipinski definition) is 4. The van der Waals surface area contributed by atoms with Crippen molar-refractivity contribution < 1.29 is 18.0 Å². The molecular formula is C28H33N3O4S. The van der Waals surface area contributed by atoms with Crippen LogP contribution in [0.25, 0.3) is 0 Å². The molecule has 8 heteroatoms. The molecule has 0 unspecified atom stereocenters. The summed E-state index contributed by atoms with van der Waals surface area (Å²) in [6.07, 6.45) is 0.804. The third kappa shape index (κ3) is 6.31. The summed E-state index contributed by atoms with van der Waals surface area (Å²) in [5, 5.41) is 2.58. The minimum atomic E-state index is -4.05. The van der Waals surface area contributed by atoms with E-state index in [2.05, 4.69) is 5.32 Å². The van der Waals surface area contributed by atoms with Crippen molar-refractivity contribution in [1.29, 1.82) is 0 Å². The summed E-state index contributed by atoms with van der Waals surface area (Å²) in [5.74, 6) is -0.814. The van der Waals surface area contributed by atoms with Crippen LogP contribution in [-0.2, 0) is 32.6 Å². The van der Waals surface area contributed by atoms with Crippen LogP contribution in [0.5, 0.6) is 0 Å². The second-order valence-electron chi connectivity index (χ2n) is 8.64. The van der Waals surface area contributed by atoms with Crippen molar-refractivity contribution in [3.05, 3.63) is 95.6 Å². The molecule has 0 aliphatic heterocycles. The number of nitrogens with one attached hydrogen (secondary N) is 1. The Labute approximate surface area is 213 Å². The van der Waals surface area contributed by atoms with Crippen LogP contribution in [0.4, 0.5) is 5.69 Å². The minimum Gasteiger partial charge on any atom is -0.357 e. The summed E-state index contributed by atoms with van der Waals surface area (Å²) >= 11 is 0. The zero-order valence-electron chi connectivity index (χ0n) is 21.1. The summed E-state index contributed by atoms with van der Waals surface area (Å²) < 4.78 is 28.5. The highest BCUT2D eigenvalue weighted by Crippen LogP contribution is 2.25. The molecule has 1 atom stereocenters. The fourth-order valence-corrected chi connectivity index (χ4v) is 5.26. The molecule has 190 valence electrons. The molecule has 3 rings (SSSR count). The number of rotatable bonds is 10. The number of carbonyl (C=O) groups is 2. The maximum atomic E-state index is 13.7. The van der Waals surface area contributed by atoms with Crippen LogP contribution in [0, 0.1) is 6.92 Å². The van der Waals surface area contributed by atoms with E-state index in [0.717, 1.165) is 27.4 Å². The lowest BCUT2D eigenvalue weighted by atomic mass is 10.1. The van der Waals surface area contributed by atoms with Gasteiger partial charge >= 0.3 is 0 Å². The molecule has 7 nitrogen and oxygen atoms in total. The normalized spacial score (nSPS) is 12.0. The highest BCUT2D eigenvalue weighted by molar-refractivity contribution is 7.92. The van der Waals surface area contributed by atoms with Crippen molar-refractivity contribution in [1.82, 2.24) is 10.2 Å². The molecule has 3 aromatic rings. The van der Waals surface area contributed by atoms with Crippen LogP contribution in [0.1, 0.15) is 30.5 Å². The van der Waals surface area contributed by atoms with Crippen LogP contribution < -0.4 is 9.62 Å². The Kier molecular flexibility index (Phi) is 8.88. The van der Waals surface area contributed by atoms with E-state index in [1.807, 2.05) is 50.2 Å². The fourth-order valence-electron chi connectivity index (χ4n) is 3.83. The first-order valence-electron chi connectivity index (χ1n) is 11.9. The first kappa shape index (κ1) is 26.9. The van der Waals surface area contributed by atoms with Gasteiger partial charge in [0.2, 0.25) is 11.8 Å². The van der Waals surface area contributed by atoms with Gasteiger partial charge in [-0.15, -0.1) is 0 Å². The van der Waals surface area contributed by atoms with E-state index in [-0.39, 0.29) is 17.3 Å². The van der Waals surface area contributed by atoms with E-state index < -0.39 is 28.5 Å². The lowest BCUT2D eigenvalue weighted by molar-refractivity contribution is -0.139. The predicted molar refractivity (Wildman–Crippen MR) is 142 cm³/mol. The topological polar surface area (TPSA) is 86.8 Å². The van der Waals surface area contributed by atoms with Crippen molar-refractivity contribution in [2.75, 3.05) is 17.9 Å². The fraction of sp³-hybridized carbons (Fsp3) is 0.286. The Morgan fingerprint density at radius 1 is 0.889 bits per heavy atom. The minimum absolute atomic E-state index is 0.0850. The van der Waals surface area contributed by atoms with Crippen LogP contribution in [-0.4, -0.2) is 44.8 Å². The molecule has 0 aliphatic carbocycles. The Morgan fingerprint density at radius 2 is 1.47 bits per heavy atom. The van der Waals surface area contributed by atoms with E-state index in [0.29, 0.717) is 5.69 Å². The Hall–Kier alpha value is -3.65. The number of anilines is 1. The number of carbonyl (C=O) groups excluding carboxylic acids is 2. The second-order valence-corrected chi connectivity index (χ2v) is 10.5. The van der Waals surface area contributed by atoms with Gasteiger partial charge in [-0.25, -0.2) is 8.42 Å². The van der Waals surface area contributed by atoms with Crippen molar-refractivity contribution in [3.63, 3.8) is 0 Å². The van der Waals surface area contributed by atoms with Crippen LogP contribution in [0.15, 0.2) is 83.8 Å². The van der Waals surface area contributed by atoms with Gasteiger partial charge in [-0.05, 0) is 55.7 Å². The maximum Gasteiger partial charge on any atom is 0.264 e. The molecule has 0 bridgehead atoms. The Morgan fingerprint density at radius 3 is 2.03 bits per heavy atom. The highest BCUT2D eigenvalue weighted by atomic mass is 32.2. The molecular weight excluding hydrogens is 474 g/mol. The van der Waals surface area contributed by atoms with Gasteiger partial charge in [-0.1, -0.05) is 67.1 Å². The average Bonchev–Trinajstić information content (AvgIpc) is 2.90. The summed E-state index contributed by atoms with van der Waals surface area (Å²) in [4.78, 5) is 27.7. The van der Waals surface area contributed by atoms with Gasteiger partial charge in [0.05, 0.1) is 10.6 Å². The van der Waals surface area contributed by atoms with Gasteiger partial charge in [-0.2, -0.15) is 0 Å². The monoisotopic (exact) mass is 507 g/mol. The number of nitrogens with zero attached hydrogens (tertiary/aromatic N) is 2. The highest BCUT2D eigenvalue weighted by Gasteiger charge is 2.32. The summed E-state index contributed by atoms with van der Waals surface area (Å²) in [6, 6.07) is 22.0. The second kappa shape index (κ2) is 11.9. The first-order valence-corrected chi connectivity index (χ1v) is 13.3. The molecule has 0 saturated heterocycles.